The van der Waals surface area contributed by atoms with Crippen LogP contribution in [0.2, 0.25) is 5.02 Å². The van der Waals surface area contributed by atoms with Crippen LogP contribution in [0.5, 0.6) is 0 Å². The zero-order chi connectivity index (χ0) is 15.4. The number of carbonyl (C=O) groups excluding carboxylic acids is 1. The van der Waals surface area contributed by atoms with Crippen molar-refractivity contribution in [3.05, 3.63) is 82.9 Å². The fourth-order valence-electron chi connectivity index (χ4n) is 2.40. The van der Waals surface area contributed by atoms with E-state index in [-0.39, 0.29) is 5.91 Å². The van der Waals surface area contributed by atoms with Gasteiger partial charge in [-0.25, -0.2) is 0 Å². The van der Waals surface area contributed by atoms with Crippen molar-refractivity contribution in [1.82, 2.24) is 5.32 Å². The Morgan fingerprint density at radius 2 is 1.55 bits per heavy atom. The smallest absolute Gasteiger partial charge is 0.224 e. The summed E-state index contributed by atoms with van der Waals surface area (Å²) in [5.74, 6) is 0.00970. The number of hydrogen-bond acceptors (Lipinski definition) is 1. The monoisotopic (exact) mass is 309 g/mol. The predicted octanol–water partition coefficient (Wildman–Crippen LogP) is 4.35. The van der Waals surface area contributed by atoms with Gasteiger partial charge >= 0.3 is 0 Å². The lowest BCUT2D eigenvalue weighted by molar-refractivity contribution is -0.120. The molecule has 0 radical (unpaired) electrons. The van der Waals surface area contributed by atoms with E-state index in [1.165, 1.54) is 10.8 Å². The fraction of sp³-hybridized carbons (Fsp3) is 0.105. The molecule has 0 saturated heterocycles. The predicted molar refractivity (Wildman–Crippen MR) is 91.0 cm³/mol. The molecule has 0 atom stereocenters. The Morgan fingerprint density at radius 1 is 0.864 bits per heavy atom. The largest absolute Gasteiger partial charge is 0.352 e. The lowest BCUT2D eigenvalue weighted by Gasteiger charge is -2.07. The van der Waals surface area contributed by atoms with Gasteiger partial charge in [0.25, 0.3) is 0 Å². The van der Waals surface area contributed by atoms with Gasteiger partial charge in [0.1, 0.15) is 0 Å². The summed E-state index contributed by atoms with van der Waals surface area (Å²) in [4.78, 5) is 12.0. The van der Waals surface area contributed by atoms with Crippen LogP contribution in [0.1, 0.15) is 11.1 Å². The van der Waals surface area contributed by atoms with Crippen molar-refractivity contribution in [2.24, 2.45) is 0 Å². The van der Waals surface area contributed by atoms with Gasteiger partial charge < -0.3 is 5.32 Å². The highest BCUT2D eigenvalue weighted by Crippen LogP contribution is 2.15. The van der Waals surface area contributed by atoms with E-state index in [1.54, 1.807) is 12.1 Å². The molecule has 1 amide bonds. The summed E-state index contributed by atoms with van der Waals surface area (Å²) in [6, 6.07) is 21.8. The number of hydrogen-bond donors (Lipinski definition) is 1. The van der Waals surface area contributed by atoms with E-state index in [9.17, 15) is 4.79 Å². The zero-order valence-corrected chi connectivity index (χ0v) is 12.8. The second-order valence-electron chi connectivity index (χ2n) is 5.26. The molecule has 0 saturated carbocycles. The van der Waals surface area contributed by atoms with Gasteiger partial charge in [-0.2, -0.15) is 0 Å². The lowest BCUT2D eigenvalue weighted by atomic mass is 10.1. The molecule has 0 fully saturated rings. The number of nitrogens with one attached hydrogen (secondary N) is 1. The van der Waals surface area contributed by atoms with Crippen molar-refractivity contribution in [2.75, 3.05) is 0 Å². The molecule has 3 aromatic carbocycles. The Balaban J connectivity index is 1.60. The molecule has 0 spiro atoms. The van der Waals surface area contributed by atoms with Gasteiger partial charge in [-0.1, -0.05) is 60.1 Å². The summed E-state index contributed by atoms with van der Waals surface area (Å²) in [7, 11) is 0. The maximum Gasteiger partial charge on any atom is 0.224 e. The first-order valence-electron chi connectivity index (χ1n) is 7.19. The van der Waals surface area contributed by atoms with E-state index in [4.69, 9.17) is 11.6 Å². The third-order valence-corrected chi connectivity index (χ3v) is 3.83. The molecule has 3 rings (SSSR count). The molecule has 2 nitrogen and oxygen atoms in total. The minimum absolute atomic E-state index is 0.00970. The SMILES string of the molecule is O=C(Cc1ccc(Cl)cc1)NCc1ccc2ccccc2c1. The molecule has 110 valence electrons. The normalized spacial score (nSPS) is 10.6. The molecule has 3 aromatic rings. The maximum atomic E-state index is 12.0. The molecular formula is C19H16ClNO. The van der Waals surface area contributed by atoms with Gasteiger partial charge in [-0.05, 0) is 40.1 Å². The molecule has 0 aliphatic rings. The van der Waals surface area contributed by atoms with E-state index < -0.39 is 0 Å². The van der Waals surface area contributed by atoms with E-state index in [1.807, 2.05) is 30.3 Å². The summed E-state index contributed by atoms with van der Waals surface area (Å²) in [6.45, 7) is 0.539. The number of amides is 1. The molecule has 0 aliphatic heterocycles. The van der Waals surface area contributed by atoms with Crippen molar-refractivity contribution >= 4 is 28.3 Å². The summed E-state index contributed by atoms with van der Waals surface area (Å²) in [5.41, 5.74) is 2.06. The van der Waals surface area contributed by atoms with Crippen LogP contribution in [0.4, 0.5) is 0 Å². The van der Waals surface area contributed by atoms with Gasteiger partial charge in [0.05, 0.1) is 6.42 Å². The van der Waals surface area contributed by atoms with Gasteiger partial charge in [0.2, 0.25) is 5.91 Å². The molecule has 0 aliphatic carbocycles. The molecular weight excluding hydrogens is 294 g/mol. The van der Waals surface area contributed by atoms with Crippen molar-refractivity contribution in [3.63, 3.8) is 0 Å². The van der Waals surface area contributed by atoms with Crippen molar-refractivity contribution in [1.29, 1.82) is 0 Å². The van der Waals surface area contributed by atoms with Crippen LogP contribution in [0.3, 0.4) is 0 Å². The first kappa shape index (κ1) is 14.6. The minimum Gasteiger partial charge on any atom is -0.352 e. The first-order valence-corrected chi connectivity index (χ1v) is 7.57. The van der Waals surface area contributed by atoms with Crippen LogP contribution in [-0.4, -0.2) is 5.91 Å². The average Bonchev–Trinajstić information content (AvgIpc) is 2.55. The Bertz CT molecular complexity index is 796. The van der Waals surface area contributed by atoms with Crippen LogP contribution in [0.15, 0.2) is 66.7 Å². The molecule has 0 aromatic heterocycles. The number of halogens is 1. The third-order valence-electron chi connectivity index (χ3n) is 3.58. The molecule has 3 heteroatoms. The van der Waals surface area contributed by atoms with Crippen molar-refractivity contribution in [3.8, 4) is 0 Å². The molecule has 1 N–H and O–H groups in total. The summed E-state index contributed by atoms with van der Waals surface area (Å²) < 4.78 is 0. The van der Waals surface area contributed by atoms with Crippen molar-refractivity contribution < 1.29 is 4.79 Å². The number of fused-ring (bicyclic) bond motifs is 1. The third kappa shape index (κ3) is 3.66. The van der Waals surface area contributed by atoms with Gasteiger partial charge in [0.15, 0.2) is 0 Å². The van der Waals surface area contributed by atoms with Gasteiger partial charge in [0, 0.05) is 11.6 Å². The highest BCUT2D eigenvalue weighted by molar-refractivity contribution is 6.30. The van der Waals surface area contributed by atoms with Crippen LogP contribution < -0.4 is 5.32 Å². The maximum absolute atomic E-state index is 12.0. The minimum atomic E-state index is 0.00970. The molecule has 0 bridgehead atoms. The highest BCUT2D eigenvalue weighted by Gasteiger charge is 2.04. The second kappa shape index (κ2) is 6.63. The highest BCUT2D eigenvalue weighted by atomic mass is 35.5. The summed E-state index contributed by atoms with van der Waals surface area (Å²) >= 11 is 5.84. The Morgan fingerprint density at radius 3 is 2.32 bits per heavy atom. The quantitative estimate of drug-likeness (QED) is 0.762. The van der Waals surface area contributed by atoms with Gasteiger partial charge in [-0.3, -0.25) is 4.79 Å². The molecule has 0 heterocycles. The summed E-state index contributed by atoms with van der Waals surface area (Å²) in [5, 5.41) is 6.03. The average molecular weight is 310 g/mol. The van der Waals surface area contributed by atoms with E-state index in [0.717, 1.165) is 11.1 Å². The van der Waals surface area contributed by atoms with Crippen LogP contribution >= 0.6 is 11.6 Å². The van der Waals surface area contributed by atoms with E-state index in [2.05, 4.69) is 29.6 Å². The fourth-order valence-corrected chi connectivity index (χ4v) is 2.53. The van der Waals surface area contributed by atoms with Crippen molar-refractivity contribution in [2.45, 2.75) is 13.0 Å². The number of rotatable bonds is 4. The van der Waals surface area contributed by atoms with E-state index in [0.29, 0.717) is 18.0 Å². The number of benzene rings is 3. The first-order chi connectivity index (χ1) is 10.7. The number of carbonyl (C=O) groups is 1. The molecule has 22 heavy (non-hydrogen) atoms. The van der Waals surface area contributed by atoms with E-state index >= 15 is 0 Å². The summed E-state index contributed by atoms with van der Waals surface area (Å²) in [6.07, 6.45) is 0.366. The Labute approximate surface area is 134 Å². The standard InChI is InChI=1S/C19H16ClNO/c20-18-9-6-14(7-10-18)12-19(22)21-13-15-5-8-16-3-1-2-4-17(16)11-15/h1-11H,12-13H2,(H,21,22). The Hall–Kier alpha value is -2.32. The Kier molecular flexibility index (Phi) is 4.40. The second-order valence-corrected chi connectivity index (χ2v) is 5.70. The topological polar surface area (TPSA) is 29.1 Å². The zero-order valence-electron chi connectivity index (χ0n) is 12.1. The lowest BCUT2D eigenvalue weighted by Crippen LogP contribution is -2.24. The molecule has 0 unspecified atom stereocenters. The van der Waals surface area contributed by atoms with Crippen LogP contribution in [0, 0.1) is 0 Å². The van der Waals surface area contributed by atoms with Crippen LogP contribution in [0.25, 0.3) is 10.8 Å². The van der Waals surface area contributed by atoms with Gasteiger partial charge in [-0.15, -0.1) is 0 Å². The van der Waals surface area contributed by atoms with Crippen LogP contribution in [-0.2, 0) is 17.8 Å².